The molecule has 0 atom stereocenters. The molecular formula is C25H27N5O4. The van der Waals surface area contributed by atoms with Gasteiger partial charge in [-0.3, -0.25) is 19.5 Å². The van der Waals surface area contributed by atoms with E-state index in [2.05, 4.69) is 15.3 Å². The molecule has 0 aliphatic carbocycles. The van der Waals surface area contributed by atoms with Gasteiger partial charge in [0, 0.05) is 51.0 Å². The molecule has 1 aliphatic heterocycles. The molecule has 176 valence electrons. The van der Waals surface area contributed by atoms with Gasteiger partial charge in [-0.1, -0.05) is 12.1 Å². The van der Waals surface area contributed by atoms with Crippen LogP contribution in [0.3, 0.4) is 0 Å². The normalized spacial score (nSPS) is 14.9. The predicted octanol–water partition coefficient (Wildman–Crippen LogP) is 2.98. The van der Waals surface area contributed by atoms with Crippen molar-refractivity contribution in [1.29, 1.82) is 0 Å². The SMILES string of the molecule is Cc1cnccc1NC(=O)CN1CCOc2ccccc2Oc2ncccc2C(=O)N(C)CC1. The number of anilines is 1. The zero-order chi connectivity index (χ0) is 23.9. The molecule has 3 aromatic rings. The number of benzene rings is 1. The lowest BCUT2D eigenvalue weighted by atomic mass is 10.2. The van der Waals surface area contributed by atoms with Crippen molar-refractivity contribution in [3.8, 4) is 17.4 Å². The van der Waals surface area contributed by atoms with Crippen LogP contribution in [-0.4, -0.2) is 71.4 Å². The summed E-state index contributed by atoms with van der Waals surface area (Å²) in [5.74, 6) is 0.868. The number of hydrogen-bond donors (Lipinski definition) is 1. The number of pyridine rings is 2. The molecule has 1 aromatic carbocycles. The highest BCUT2D eigenvalue weighted by Gasteiger charge is 2.21. The van der Waals surface area contributed by atoms with Gasteiger partial charge in [-0.15, -0.1) is 0 Å². The molecule has 3 heterocycles. The van der Waals surface area contributed by atoms with Gasteiger partial charge >= 0.3 is 0 Å². The minimum Gasteiger partial charge on any atom is -0.488 e. The van der Waals surface area contributed by atoms with E-state index in [0.29, 0.717) is 43.3 Å². The van der Waals surface area contributed by atoms with E-state index in [-0.39, 0.29) is 24.2 Å². The summed E-state index contributed by atoms with van der Waals surface area (Å²) in [5, 5.41) is 2.93. The third-order valence-electron chi connectivity index (χ3n) is 5.48. The van der Waals surface area contributed by atoms with Gasteiger partial charge in [-0.2, -0.15) is 0 Å². The Kier molecular flexibility index (Phi) is 7.34. The van der Waals surface area contributed by atoms with E-state index < -0.39 is 0 Å². The van der Waals surface area contributed by atoms with Crippen molar-refractivity contribution in [2.24, 2.45) is 0 Å². The third kappa shape index (κ3) is 5.68. The average molecular weight is 462 g/mol. The van der Waals surface area contributed by atoms with Crippen LogP contribution < -0.4 is 14.8 Å². The summed E-state index contributed by atoms with van der Waals surface area (Å²) < 4.78 is 12.0. The second-order valence-electron chi connectivity index (χ2n) is 8.00. The Bertz CT molecular complexity index is 1170. The zero-order valence-corrected chi connectivity index (χ0v) is 19.2. The second kappa shape index (κ2) is 10.8. The number of carbonyl (C=O) groups is 2. The summed E-state index contributed by atoms with van der Waals surface area (Å²) >= 11 is 0. The van der Waals surface area contributed by atoms with Crippen LogP contribution in [0.15, 0.2) is 61.1 Å². The van der Waals surface area contributed by atoms with Crippen LogP contribution in [0.25, 0.3) is 0 Å². The number of amides is 2. The van der Waals surface area contributed by atoms with Crippen LogP contribution in [-0.2, 0) is 4.79 Å². The average Bonchev–Trinajstić information content (AvgIpc) is 2.85. The molecule has 9 heteroatoms. The van der Waals surface area contributed by atoms with Crippen molar-refractivity contribution < 1.29 is 19.1 Å². The van der Waals surface area contributed by atoms with Crippen molar-refractivity contribution in [2.45, 2.75) is 6.92 Å². The minimum atomic E-state index is -0.211. The van der Waals surface area contributed by atoms with Gasteiger partial charge in [0.25, 0.3) is 5.91 Å². The van der Waals surface area contributed by atoms with Crippen LogP contribution >= 0.6 is 0 Å². The maximum absolute atomic E-state index is 13.1. The summed E-state index contributed by atoms with van der Waals surface area (Å²) in [6.07, 6.45) is 4.93. The van der Waals surface area contributed by atoms with E-state index in [1.807, 2.05) is 24.0 Å². The third-order valence-corrected chi connectivity index (χ3v) is 5.48. The fraction of sp³-hybridized carbons (Fsp3) is 0.280. The first kappa shape index (κ1) is 23.2. The molecule has 0 saturated heterocycles. The van der Waals surface area contributed by atoms with E-state index in [1.54, 1.807) is 60.9 Å². The fourth-order valence-electron chi connectivity index (χ4n) is 3.55. The molecule has 0 saturated carbocycles. The topological polar surface area (TPSA) is 96.9 Å². The molecule has 0 fully saturated rings. The highest BCUT2D eigenvalue weighted by Crippen LogP contribution is 2.32. The van der Waals surface area contributed by atoms with Crippen LogP contribution in [0.5, 0.6) is 17.4 Å². The lowest BCUT2D eigenvalue weighted by molar-refractivity contribution is -0.117. The number of carbonyl (C=O) groups excluding carboxylic acids is 2. The van der Waals surface area contributed by atoms with Crippen molar-refractivity contribution >= 4 is 17.5 Å². The first-order valence-electron chi connectivity index (χ1n) is 11.0. The number of rotatable bonds is 3. The maximum Gasteiger partial charge on any atom is 0.259 e. The lowest BCUT2D eigenvalue weighted by Gasteiger charge is -2.25. The van der Waals surface area contributed by atoms with Crippen molar-refractivity contribution in [3.05, 3.63) is 72.2 Å². The van der Waals surface area contributed by atoms with Crippen LogP contribution in [0, 0.1) is 6.92 Å². The van der Waals surface area contributed by atoms with Crippen LogP contribution in [0.1, 0.15) is 15.9 Å². The summed E-state index contributed by atoms with van der Waals surface area (Å²) in [7, 11) is 1.72. The van der Waals surface area contributed by atoms with Crippen molar-refractivity contribution in [2.75, 3.05) is 45.2 Å². The molecule has 2 aromatic heterocycles. The predicted molar refractivity (Wildman–Crippen MR) is 127 cm³/mol. The van der Waals surface area contributed by atoms with E-state index in [4.69, 9.17) is 9.47 Å². The van der Waals surface area contributed by atoms with E-state index in [0.717, 1.165) is 11.3 Å². The van der Waals surface area contributed by atoms with Gasteiger partial charge in [0.1, 0.15) is 12.2 Å². The molecule has 34 heavy (non-hydrogen) atoms. The minimum absolute atomic E-state index is 0.147. The Labute approximate surface area is 198 Å². The van der Waals surface area contributed by atoms with Gasteiger partial charge < -0.3 is 19.7 Å². The highest BCUT2D eigenvalue weighted by atomic mass is 16.5. The van der Waals surface area contributed by atoms with Gasteiger partial charge in [-0.05, 0) is 42.8 Å². The number of para-hydroxylation sites is 2. The smallest absolute Gasteiger partial charge is 0.259 e. The molecule has 0 spiro atoms. The quantitative estimate of drug-likeness (QED) is 0.640. The second-order valence-corrected chi connectivity index (χ2v) is 8.00. The zero-order valence-electron chi connectivity index (χ0n) is 19.2. The molecule has 1 N–H and O–H groups in total. The highest BCUT2D eigenvalue weighted by molar-refractivity contribution is 5.96. The summed E-state index contributed by atoms with van der Waals surface area (Å²) in [6, 6.07) is 12.4. The van der Waals surface area contributed by atoms with Crippen LogP contribution in [0.2, 0.25) is 0 Å². The van der Waals surface area contributed by atoms with Crippen LogP contribution in [0.4, 0.5) is 5.69 Å². The first-order chi connectivity index (χ1) is 16.5. The monoisotopic (exact) mass is 461 g/mol. The van der Waals surface area contributed by atoms with Crippen molar-refractivity contribution in [3.63, 3.8) is 0 Å². The van der Waals surface area contributed by atoms with Gasteiger partial charge in [0.05, 0.1) is 6.54 Å². The maximum atomic E-state index is 13.1. The molecule has 0 unspecified atom stereocenters. The van der Waals surface area contributed by atoms with E-state index in [1.165, 1.54) is 0 Å². The van der Waals surface area contributed by atoms with E-state index in [9.17, 15) is 9.59 Å². The van der Waals surface area contributed by atoms with Crippen molar-refractivity contribution in [1.82, 2.24) is 19.8 Å². The number of ether oxygens (including phenoxy) is 2. The number of nitrogens with one attached hydrogen (secondary N) is 1. The Balaban J connectivity index is 1.54. The molecule has 1 aliphatic rings. The van der Waals surface area contributed by atoms with Gasteiger partial charge in [0.2, 0.25) is 11.8 Å². The summed E-state index contributed by atoms with van der Waals surface area (Å²) in [5.41, 5.74) is 1.97. The Hall–Kier alpha value is -3.98. The number of fused-ring (bicyclic) bond motifs is 2. The van der Waals surface area contributed by atoms with E-state index >= 15 is 0 Å². The number of likely N-dealkylation sites (N-methyl/N-ethyl adjacent to an activating group) is 1. The number of aryl methyl sites for hydroxylation is 1. The molecular weight excluding hydrogens is 434 g/mol. The molecule has 0 radical (unpaired) electrons. The Morgan fingerprint density at radius 1 is 1.06 bits per heavy atom. The molecule has 0 bridgehead atoms. The largest absolute Gasteiger partial charge is 0.488 e. The number of aromatic nitrogens is 2. The van der Waals surface area contributed by atoms with Gasteiger partial charge in [-0.25, -0.2) is 4.98 Å². The molecule has 2 amide bonds. The fourth-order valence-corrected chi connectivity index (χ4v) is 3.55. The summed E-state index contributed by atoms with van der Waals surface area (Å²) in [6.45, 7) is 3.79. The lowest BCUT2D eigenvalue weighted by Crippen LogP contribution is -2.41. The standard InChI is InChI=1S/C25H27N5O4/c1-18-16-26-11-9-20(18)28-23(31)17-30-13-12-29(2)25(32)19-6-5-10-27-24(19)34-22-8-4-3-7-21(22)33-15-14-30/h3-11,16H,12-15,17H2,1-2H3,(H,26,28,31). The Morgan fingerprint density at radius 3 is 2.71 bits per heavy atom. The number of hydrogen-bond acceptors (Lipinski definition) is 7. The Morgan fingerprint density at radius 2 is 1.88 bits per heavy atom. The number of nitrogens with zero attached hydrogens (tertiary/aromatic N) is 4. The first-order valence-corrected chi connectivity index (χ1v) is 11.0. The summed E-state index contributed by atoms with van der Waals surface area (Å²) in [4.78, 5) is 37.8. The molecule has 9 nitrogen and oxygen atoms in total. The van der Waals surface area contributed by atoms with Gasteiger partial charge in [0.15, 0.2) is 11.5 Å². The molecule has 4 rings (SSSR count).